The number of nitrogen functional groups attached to an aromatic ring is 1. The number of aromatic nitrogens is 1. The molecule has 0 saturated heterocycles. The molecule has 6 heteroatoms. The first-order valence-corrected chi connectivity index (χ1v) is 8.08. The fraction of sp³-hybridized carbons (Fsp3) is 0.600. The third-order valence-electron chi connectivity index (χ3n) is 2.85. The summed E-state index contributed by atoms with van der Waals surface area (Å²) in [5.41, 5.74) is 5.62. The van der Waals surface area contributed by atoms with E-state index in [0.29, 0.717) is 10.3 Å². The molecule has 0 spiro atoms. The normalized spacial score (nSPS) is 9.86. The van der Waals surface area contributed by atoms with E-state index < -0.39 is 5.97 Å². The van der Waals surface area contributed by atoms with Crippen molar-refractivity contribution in [1.82, 2.24) is 0 Å². The molecule has 0 unspecified atom stereocenters. The largest absolute Gasteiger partial charge is 0.550 e. The summed E-state index contributed by atoms with van der Waals surface area (Å²) in [4.78, 5) is 12.6. The van der Waals surface area contributed by atoms with Crippen LogP contribution in [0.4, 0.5) is 10.1 Å². The van der Waals surface area contributed by atoms with Crippen LogP contribution in [0, 0.1) is 5.82 Å². The van der Waals surface area contributed by atoms with Crippen molar-refractivity contribution in [2.24, 2.45) is 0 Å². The van der Waals surface area contributed by atoms with Crippen molar-refractivity contribution in [2.75, 3.05) is 5.73 Å². The zero-order chi connectivity index (χ0) is 16.1. The van der Waals surface area contributed by atoms with Crippen LogP contribution < -0.4 is 15.8 Å². The lowest BCUT2D eigenvalue weighted by atomic mass is 10.1. The van der Waals surface area contributed by atoms with Crippen molar-refractivity contribution in [3.63, 3.8) is 0 Å². The van der Waals surface area contributed by atoms with Crippen LogP contribution in [0.15, 0.2) is 16.9 Å². The lowest BCUT2D eigenvalue weighted by Crippen LogP contribution is -2.21. The molecule has 3 N–H and O–H groups in total. The molecule has 1 rings (SSSR count). The van der Waals surface area contributed by atoms with Crippen molar-refractivity contribution in [3.05, 3.63) is 22.7 Å². The summed E-state index contributed by atoms with van der Waals surface area (Å²) in [6.07, 6.45) is 9.85. The second kappa shape index (κ2) is 12.6. The van der Waals surface area contributed by atoms with Gasteiger partial charge >= 0.3 is 0 Å². The number of halogens is 2. The highest BCUT2D eigenvalue weighted by atomic mass is 79.9. The molecule has 0 atom stereocenters. The highest BCUT2D eigenvalue weighted by molar-refractivity contribution is 9.10. The number of hydrogen-bond acceptors (Lipinski definition) is 3. The lowest BCUT2D eigenvalue weighted by molar-refractivity contribution is -0.394. The predicted molar refractivity (Wildman–Crippen MR) is 82.7 cm³/mol. The number of carbonyl (C=O) groups is 1. The van der Waals surface area contributed by atoms with Gasteiger partial charge in [0.25, 0.3) is 4.60 Å². The zero-order valence-electron chi connectivity index (χ0n) is 12.5. The number of rotatable bonds is 8. The molecule has 0 aliphatic rings. The predicted octanol–water partition coefficient (Wildman–Crippen LogP) is 2.86. The summed E-state index contributed by atoms with van der Waals surface area (Å²) >= 11 is 2.94. The molecule has 0 bridgehead atoms. The van der Waals surface area contributed by atoms with Gasteiger partial charge in [-0.1, -0.05) is 45.4 Å². The van der Waals surface area contributed by atoms with E-state index in [-0.39, 0.29) is 12.2 Å². The Morgan fingerprint density at radius 3 is 2.33 bits per heavy atom. The van der Waals surface area contributed by atoms with Gasteiger partial charge in [0.05, 0.1) is 5.69 Å². The van der Waals surface area contributed by atoms with Crippen molar-refractivity contribution in [1.29, 1.82) is 0 Å². The zero-order valence-corrected chi connectivity index (χ0v) is 14.0. The van der Waals surface area contributed by atoms with Gasteiger partial charge in [0, 0.05) is 28.0 Å². The van der Waals surface area contributed by atoms with Crippen LogP contribution >= 0.6 is 15.9 Å². The molecule has 1 aromatic heterocycles. The van der Waals surface area contributed by atoms with E-state index in [1.807, 2.05) is 0 Å². The van der Waals surface area contributed by atoms with Gasteiger partial charge in [-0.25, -0.2) is 4.98 Å². The summed E-state index contributed by atoms with van der Waals surface area (Å²) in [6, 6.07) is 1.24. The molecule has 21 heavy (non-hydrogen) atoms. The monoisotopic (exact) mass is 362 g/mol. The van der Waals surface area contributed by atoms with Crippen LogP contribution in [0.25, 0.3) is 0 Å². The van der Waals surface area contributed by atoms with Crippen molar-refractivity contribution < 1.29 is 19.3 Å². The Morgan fingerprint density at radius 1 is 1.29 bits per heavy atom. The Kier molecular flexibility index (Phi) is 11.9. The molecule has 0 saturated carbocycles. The van der Waals surface area contributed by atoms with E-state index in [1.165, 1.54) is 44.4 Å². The van der Waals surface area contributed by atoms with Gasteiger partial charge in [0.15, 0.2) is 6.20 Å². The number of hydrogen-bond donors (Lipinski definition) is 1. The maximum absolute atomic E-state index is 12.4. The number of carboxylic acids is 1. The smallest absolute Gasteiger partial charge is 0.282 e. The molecule has 0 radical (unpaired) electrons. The molecular formula is C15H24BrFN2O2. The highest BCUT2D eigenvalue weighted by Crippen LogP contribution is 2.09. The fourth-order valence-corrected chi connectivity index (χ4v) is 1.92. The Bertz CT molecular complexity index is 417. The van der Waals surface area contributed by atoms with E-state index in [0.717, 1.165) is 12.8 Å². The minimum Gasteiger partial charge on any atom is -0.550 e. The summed E-state index contributed by atoms with van der Waals surface area (Å²) in [6.45, 7) is 2.19. The quantitative estimate of drug-likeness (QED) is 0.570. The lowest BCUT2D eigenvalue weighted by Gasteiger charge is -2.01. The standard InChI is InChI=1S/C10H20O2.C5H4BrFN2/c1-2-3-4-5-6-7-8-9-10(11)12;6-5-4(7)1-3(8)2-9-5/h2-9H2,1H3,(H,11,12);1-2H,8H2. The third-order valence-corrected chi connectivity index (χ3v) is 3.46. The number of aromatic amines is 1. The molecule has 1 aromatic rings. The van der Waals surface area contributed by atoms with Gasteiger partial charge in [-0.05, 0) is 12.8 Å². The van der Waals surface area contributed by atoms with E-state index in [2.05, 4.69) is 27.8 Å². The third kappa shape index (κ3) is 12.3. The first kappa shape index (κ1) is 19.8. The second-order valence-electron chi connectivity index (χ2n) is 4.84. The molecule has 0 aliphatic heterocycles. The van der Waals surface area contributed by atoms with E-state index in [1.54, 1.807) is 0 Å². The molecule has 0 fully saturated rings. The van der Waals surface area contributed by atoms with E-state index >= 15 is 0 Å². The molecule has 1 heterocycles. The minimum atomic E-state index is -0.913. The molecule has 0 aliphatic carbocycles. The number of unbranched alkanes of at least 4 members (excludes halogenated alkanes) is 6. The number of nitrogens with one attached hydrogen (secondary N) is 1. The molecule has 0 amide bonds. The summed E-state index contributed by atoms with van der Waals surface area (Å²) < 4.78 is 12.7. The minimum absolute atomic E-state index is 0.230. The first-order valence-electron chi connectivity index (χ1n) is 7.29. The van der Waals surface area contributed by atoms with Gasteiger partial charge in [-0.15, -0.1) is 0 Å². The average Bonchev–Trinajstić information content (AvgIpc) is 2.43. The van der Waals surface area contributed by atoms with Gasteiger partial charge in [0.2, 0.25) is 5.82 Å². The number of H-pyrrole nitrogens is 1. The van der Waals surface area contributed by atoms with Gasteiger partial charge < -0.3 is 15.6 Å². The number of carbonyl (C=O) groups excluding carboxylic acids is 1. The first-order chi connectivity index (χ1) is 9.97. The maximum atomic E-state index is 12.4. The number of nitrogens with two attached hydrogens (primary N) is 1. The van der Waals surface area contributed by atoms with Gasteiger partial charge in [-0.3, -0.25) is 0 Å². The molecular weight excluding hydrogens is 339 g/mol. The molecule has 4 nitrogen and oxygen atoms in total. The number of carboxylic acid groups (broad SMARTS) is 1. The maximum Gasteiger partial charge on any atom is 0.282 e. The van der Waals surface area contributed by atoms with Crippen molar-refractivity contribution in [3.8, 4) is 0 Å². The van der Waals surface area contributed by atoms with Crippen LogP contribution in [-0.2, 0) is 4.79 Å². The number of pyridine rings is 1. The Morgan fingerprint density at radius 2 is 1.86 bits per heavy atom. The average molecular weight is 363 g/mol. The summed E-state index contributed by atoms with van der Waals surface area (Å²) in [7, 11) is 0. The van der Waals surface area contributed by atoms with Crippen molar-refractivity contribution in [2.45, 2.75) is 58.3 Å². The number of aliphatic carboxylic acids is 1. The molecule has 120 valence electrons. The van der Waals surface area contributed by atoms with Crippen LogP contribution in [0.2, 0.25) is 0 Å². The summed E-state index contributed by atoms with van der Waals surface area (Å²) in [5, 5.41) is 10.0. The second-order valence-corrected chi connectivity index (χ2v) is 5.63. The highest BCUT2D eigenvalue weighted by Gasteiger charge is 2.04. The van der Waals surface area contributed by atoms with Gasteiger partial charge in [-0.2, -0.15) is 4.39 Å². The molecule has 0 aromatic carbocycles. The van der Waals surface area contributed by atoms with Crippen LogP contribution in [0.1, 0.15) is 58.3 Å². The van der Waals surface area contributed by atoms with Crippen molar-refractivity contribution >= 4 is 27.6 Å². The fourth-order valence-electron chi connectivity index (χ4n) is 1.69. The van der Waals surface area contributed by atoms with Crippen LogP contribution in [-0.4, -0.2) is 5.97 Å². The van der Waals surface area contributed by atoms with E-state index in [9.17, 15) is 14.3 Å². The Hall–Kier alpha value is -1.17. The summed E-state index contributed by atoms with van der Waals surface area (Å²) in [5.74, 6) is -1.29. The van der Waals surface area contributed by atoms with Crippen LogP contribution in [0.5, 0.6) is 0 Å². The SMILES string of the molecule is CCCCCCCCCC(=O)[O-].Nc1c[nH+]c(Br)c(F)c1. The topological polar surface area (TPSA) is 80.3 Å². The Balaban J connectivity index is 0.000000394. The van der Waals surface area contributed by atoms with Crippen LogP contribution in [0.3, 0.4) is 0 Å². The number of anilines is 1. The van der Waals surface area contributed by atoms with Gasteiger partial charge in [0.1, 0.15) is 0 Å². The van der Waals surface area contributed by atoms with E-state index in [4.69, 9.17) is 5.73 Å². The Labute approximate surface area is 134 Å².